The fourth-order valence-electron chi connectivity index (χ4n) is 5.36. The number of hydrogen-bond donors (Lipinski definition) is 2. The fraction of sp³-hybridized carbons (Fsp3) is 0.345. The lowest BCUT2D eigenvalue weighted by Gasteiger charge is -2.35. The van der Waals surface area contributed by atoms with Gasteiger partial charge in [-0.2, -0.15) is 10.2 Å². The molecule has 1 aromatic carbocycles. The Labute approximate surface area is 236 Å². The first kappa shape index (κ1) is 25.5. The lowest BCUT2D eigenvalue weighted by atomic mass is 9.87. The molecular formula is C29H31FN10O. The standard InChI is InChI=1S/C29H31FN10O/c1-28(31,22-2-4-24(30)5-3-22)23-14-32-27(33-15-23)38-10-8-37(9-11-38)26-25-12-20(17-40(25)36-19-34-26)21-13-35-39(16-21)18-29(41)6-7-29/h2-5,12-17,19,41H,6-11,18,31H2,1H3. The van der Waals surface area contributed by atoms with Gasteiger partial charge in [0.05, 0.1) is 23.9 Å². The molecule has 5 aromatic rings. The zero-order valence-electron chi connectivity index (χ0n) is 22.7. The first-order chi connectivity index (χ1) is 19.8. The van der Waals surface area contributed by atoms with Crippen molar-refractivity contribution in [2.45, 2.75) is 37.5 Å². The maximum atomic E-state index is 13.4. The Bertz CT molecular complexity index is 1680. The van der Waals surface area contributed by atoms with Crippen LogP contribution in [0.15, 0.2) is 67.6 Å². The van der Waals surface area contributed by atoms with E-state index < -0.39 is 11.1 Å². The van der Waals surface area contributed by atoms with Crippen molar-refractivity contribution in [3.8, 4) is 11.1 Å². The van der Waals surface area contributed by atoms with E-state index in [4.69, 9.17) is 5.73 Å². The summed E-state index contributed by atoms with van der Waals surface area (Å²) < 4.78 is 17.0. The number of aromatic nitrogens is 7. The van der Waals surface area contributed by atoms with Crippen LogP contribution in [0.1, 0.15) is 30.9 Å². The van der Waals surface area contributed by atoms with Crippen molar-refractivity contribution >= 4 is 17.3 Å². The van der Waals surface area contributed by atoms with E-state index in [1.165, 1.54) is 12.1 Å². The van der Waals surface area contributed by atoms with Gasteiger partial charge < -0.3 is 20.6 Å². The molecule has 5 heterocycles. The molecule has 1 saturated heterocycles. The molecule has 1 saturated carbocycles. The number of nitrogens with two attached hydrogens (primary N) is 1. The van der Waals surface area contributed by atoms with Crippen LogP contribution < -0.4 is 15.5 Å². The van der Waals surface area contributed by atoms with Crippen molar-refractivity contribution in [3.05, 3.63) is 84.6 Å². The van der Waals surface area contributed by atoms with E-state index in [-0.39, 0.29) is 5.82 Å². The zero-order chi connectivity index (χ0) is 28.2. The Morgan fingerprint density at radius 1 is 0.902 bits per heavy atom. The summed E-state index contributed by atoms with van der Waals surface area (Å²) in [5, 5.41) is 19.1. The Balaban J connectivity index is 1.04. The third-order valence-electron chi connectivity index (χ3n) is 8.18. The maximum absolute atomic E-state index is 13.4. The zero-order valence-corrected chi connectivity index (χ0v) is 22.7. The second kappa shape index (κ2) is 9.60. The van der Waals surface area contributed by atoms with E-state index in [1.807, 2.05) is 34.7 Å². The molecule has 11 nitrogen and oxygen atoms in total. The smallest absolute Gasteiger partial charge is 0.225 e. The number of piperazine rings is 1. The number of rotatable bonds is 7. The molecule has 0 radical (unpaired) electrons. The number of nitrogens with zero attached hydrogens (tertiary/aromatic N) is 9. The van der Waals surface area contributed by atoms with Gasteiger partial charge in [0, 0.05) is 67.7 Å². The first-order valence-corrected chi connectivity index (χ1v) is 13.7. The van der Waals surface area contributed by atoms with Gasteiger partial charge in [-0.05, 0) is 43.5 Å². The molecule has 0 bridgehead atoms. The van der Waals surface area contributed by atoms with Crippen LogP contribution in [-0.4, -0.2) is 71.2 Å². The number of hydrogen-bond acceptors (Lipinski definition) is 9. The van der Waals surface area contributed by atoms with Gasteiger partial charge in [0.15, 0.2) is 5.82 Å². The predicted octanol–water partition coefficient (Wildman–Crippen LogP) is 2.60. The molecule has 3 N–H and O–H groups in total. The highest BCUT2D eigenvalue weighted by atomic mass is 19.1. The average molecular weight is 555 g/mol. The normalized spacial score (nSPS) is 18.0. The number of halogens is 1. The highest BCUT2D eigenvalue weighted by Crippen LogP contribution is 2.37. The summed E-state index contributed by atoms with van der Waals surface area (Å²) >= 11 is 0. The van der Waals surface area contributed by atoms with Gasteiger partial charge in [-0.25, -0.2) is 23.9 Å². The van der Waals surface area contributed by atoms with Gasteiger partial charge in [-0.15, -0.1) is 0 Å². The molecule has 41 heavy (non-hydrogen) atoms. The van der Waals surface area contributed by atoms with Crippen LogP contribution in [-0.2, 0) is 12.1 Å². The fourth-order valence-corrected chi connectivity index (χ4v) is 5.36. The molecule has 4 aromatic heterocycles. The van der Waals surface area contributed by atoms with E-state index in [0.717, 1.165) is 72.6 Å². The van der Waals surface area contributed by atoms with Crippen LogP contribution in [0.4, 0.5) is 16.2 Å². The monoisotopic (exact) mass is 554 g/mol. The van der Waals surface area contributed by atoms with E-state index >= 15 is 0 Å². The Morgan fingerprint density at radius 2 is 1.61 bits per heavy atom. The molecule has 1 aliphatic carbocycles. The topological polar surface area (TPSA) is 127 Å². The van der Waals surface area contributed by atoms with Crippen LogP contribution in [0.2, 0.25) is 0 Å². The highest BCUT2D eigenvalue weighted by molar-refractivity contribution is 5.77. The molecule has 12 heteroatoms. The summed E-state index contributed by atoms with van der Waals surface area (Å²) in [5.74, 6) is 1.22. The van der Waals surface area contributed by atoms with E-state index in [2.05, 4.69) is 41.0 Å². The summed E-state index contributed by atoms with van der Waals surface area (Å²) in [4.78, 5) is 18.3. The maximum Gasteiger partial charge on any atom is 0.225 e. The molecule has 1 atom stereocenters. The van der Waals surface area contributed by atoms with Crippen LogP contribution in [0, 0.1) is 5.82 Å². The SMILES string of the molecule is CC(N)(c1ccc(F)cc1)c1cnc(N2CCN(c3ncnn4cc(-c5cnn(CC6(O)CC6)c5)cc34)CC2)nc1. The summed E-state index contributed by atoms with van der Waals surface area (Å²) in [7, 11) is 0. The van der Waals surface area contributed by atoms with Crippen molar-refractivity contribution in [2.75, 3.05) is 36.0 Å². The quantitative estimate of drug-likeness (QED) is 0.312. The molecule has 7 rings (SSSR count). The molecule has 210 valence electrons. The lowest BCUT2D eigenvalue weighted by molar-refractivity contribution is 0.125. The van der Waals surface area contributed by atoms with Gasteiger partial charge >= 0.3 is 0 Å². The number of fused-ring (bicyclic) bond motifs is 1. The third-order valence-corrected chi connectivity index (χ3v) is 8.18. The van der Waals surface area contributed by atoms with Crippen molar-refractivity contribution in [2.24, 2.45) is 5.73 Å². The Kier molecular flexibility index (Phi) is 5.98. The summed E-state index contributed by atoms with van der Waals surface area (Å²) in [6.45, 7) is 5.35. The predicted molar refractivity (Wildman–Crippen MR) is 152 cm³/mol. The van der Waals surface area contributed by atoms with Crippen molar-refractivity contribution in [1.29, 1.82) is 0 Å². The van der Waals surface area contributed by atoms with Crippen LogP contribution >= 0.6 is 0 Å². The third kappa shape index (κ3) is 4.89. The van der Waals surface area contributed by atoms with Gasteiger partial charge in [0.1, 0.15) is 17.7 Å². The second-order valence-corrected chi connectivity index (χ2v) is 11.2. The highest BCUT2D eigenvalue weighted by Gasteiger charge is 2.40. The molecule has 2 fully saturated rings. The molecule has 0 amide bonds. The average Bonchev–Trinajstić information content (AvgIpc) is 3.34. The van der Waals surface area contributed by atoms with E-state index in [1.54, 1.807) is 30.9 Å². The van der Waals surface area contributed by atoms with Crippen LogP contribution in [0.5, 0.6) is 0 Å². The minimum absolute atomic E-state index is 0.298. The summed E-state index contributed by atoms with van der Waals surface area (Å²) in [6.07, 6.45) is 12.5. The number of benzene rings is 1. The van der Waals surface area contributed by atoms with E-state index in [0.29, 0.717) is 12.5 Å². The number of aliphatic hydroxyl groups is 1. The Hall–Kier alpha value is -4.42. The number of anilines is 2. The van der Waals surface area contributed by atoms with Gasteiger partial charge in [0.25, 0.3) is 0 Å². The molecule has 1 unspecified atom stereocenters. The van der Waals surface area contributed by atoms with Crippen LogP contribution in [0.3, 0.4) is 0 Å². The second-order valence-electron chi connectivity index (χ2n) is 11.2. The molecule has 1 aliphatic heterocycles. The lowest BCUT2D eigenvalue weighted by Crippen LogP contribution is -2.47. The van der Waals surface area contributed by atoms with Crippen molar-refractivity contribution in [3.63, 3.8) is 0 Å². The van der Waals surface area contributed by atoms with Gasteiger partial charge in [0.2, 0.25) is 5.95 Å². The van der Waals surface area contributed by atoms with Crippen molar-refractivity contribution in [1.82, 2.24) is 34.3 Å². The summed E-state index contributed by atoms with van der Waals surface area (Å²) in [6, 6.07) is 8.28. The Morgan fingerprint density at radius 3 is 2.32 bits per heavy atom. The summed E-state index contributed by atoms with van der Waals surface area (Å²) in [5.41, 5.74) is 9.59. The van der Waals surface area contributed by atoms with Crippen LogP contribution in [0.25, 0.3) is 16.6 Å². The largest absolute Gasteiger partial charge is 0.388 e. The van der Waals surface area contributed by atoms with Crippen molar-refractivity contribution < 1.29 is 9.50 Å². The molecule has 2 aliphatic rings. The molecule has 0 spiro atoms. The van der Waals surface area contributed by atoms with Gasteiger partial charge in [-0.3, -0.25) is 4.68 Å². The van der Waals surface area contributed by atoms with Gasteiger partial charge in [-0.1, -0.05) is 12.1 Å². The minimum atomic E-state index is -0.837. The van der Waals surface area contributed by atoms with E-state index in [9.17, 15) is 9.50 Å². The first-order valence-electron chi connectivity index (χ1n) is 13.7. The minimum Gasteiger partial charge on any atom is -0.388 e. The molecular weight excluding hydrogens is 523 g/mol.